The fourth-order valence-corrected chi connectivity index (χ4v) is 3.35. The van der Waals surface area contributed by atoms with E-state index in [1.807, 2.05) is 20.9 Å². The molecule has 1 unspecified atom stereocenters. The van der Waals surface area contributed by atoms with E-state index in [0.717, 1.165) is 22.6 Å². The first-order valence-electron chi connectivity index (χ1n) is 7.93. The first-order valence-corrected chi connectivity index (χ1v) is 7.93. The van der Waals surface area contributed by atoms with Gasteiger partial charge in [0.25, 0.3) is 0 Å². The van der Waals surface area contributed by atoms with Crippen LogP contribution in [0.15, 0.2) is 6.33 Å². The van der Waals surface area contributed by atoms with Crippen LogP contribution >= 0.6 is 0 Å². The molecule has 3 heterocycles. The van der Waals surface area contributed by atoms with Gasteiger partial charge in [-0.1, -0.05) is 0 Å². The van der Waals surface area contributed by atoms with Gasteiger partial charge in [-0.2, -0.15) is 5.10 Å². The fourth-order valence-electron chi connectivity index (χ4n) is 3.35. The van der Waals surface area contributed by atoms with E-state index < -0.39 is 12.0 Å². The zero-order chi connectivity index (χ0) is 17.4. The SMILES string of the molecule is Cc1nn(C)c(C)c1CCC(=O)N1CCc2[nH]cnc2C1C(=O)O. The second-order valence-corrected chi connectivity index (χ2v) is 6.12. The van der Waals surface area contributed by atoms with Gasteiger partial charge in [0.1, 0.15) is 0 Å². The summed E-state index contributed by atoms with van der Waals surface area (Å²) in [6.45, 7) is 4.27. The fraction of sp³-hybridized carbons (Fsp3) is 0.500. The van der Waals surface area contributed by atoms with Gasteiger partial charge in [-0.15, -0.1) is 0 Å². The number of imidazole rings is 1. The van der Waals surface area contributed by atoms with Crippen LogP contribution < -0.4 is 0 Å². The van der Waals surface area contributed by atoms with Gasteiger partial charge in [-0.25, -0.2) is 9.78 Å². The topological polar surface area (TPSA) is 104 Å². The number of aromatic amines is 1. The summed E-state index contributed by atoms with van der Waals surface area (Å²) in [4.78, 5) is 32.8. The molecule has 8 nitrogen and oxygen atoms in total. The predicted molar refractivity (Wildman–Crippen MR) is 85.4 cm³/mol. The molecule has 0 saturated carbocycles. The van der Waals surface area contributed by atoms with Crippen molar-refractivity contribution in [1.29, 1.82) is 0 Å². The lowest BCUT2D eigenvalue weighted by Gasteiger charge is -2.32. The summed E-state index contributed by atoms with van der Waals surface area (Å²) in [6.07, 6.45) is 2.89. The number of H-pyrrole nitrogens is 1. The van der Waals surface area contributed by atoms with Crippen molar-refractivity contribution in [1.82, 2.24) is 24.6 Å². The average Bonchev–Trinajstić information content (AvgIpc) is 3.09. The van der Waals surface area contributed by atoms with Crippen molar-refractivity contribution in [3.63, 3.8) is 0 Å². The van der Waals surface area contributed by atoms with Crippen molar-refractivity contribution in [3.05, 3.63) is 34.7 Å². The summed E-state index contributed by atoms with van der Waals surface area (Å²) in [6, 6.07) is -1.01. The third-order valence-corrected chi connectivity index (χ3v) is 4.73. The van der Waals surface area contributed by atoms with Gasteiger partial charge < -0.3 is 15.0 Å². The molecule has 0 saturated heterocycles. The van der Waals surface area contributed by atoms with Gasteiger partial charge in [0.05, 0.1) is 17.7 Å². The molecule has 24 heavy (non-hydrogen) atoms. The standard InChI is InChI=1S/C16H21N5O3/c1-9-11(10(2)20(3)19-9)4-5-13(22)21-7-6-12-14(18-8-17-12)15(21)16(23)24/h8,15H,4-7H2,1-3H3,(H,17,18)(H,23,24). The van der Waals surface area contributed by atoms with E-state index in [0.29, 0.717) is 25.1 Å². The molecule has 3 rings (SSSR count). The van der Waals surface area contributed by atoms with Crippen molar-refractivity contribution >= 4 is 11.9 Å². The summed E-state index contributed by atoms with van der Waals surface area (Å²) in [5.74, 6) is -1.22. The van der Waals surface area contributed by atoms with Crippen LogP contribution in [0.2, 0.25) is 0 Å². The number of fused-ring (bicyclic) bond motifs is 1. The van der Waals surface area contributed by atoms with E-state index >= 15 is 0 Å². The quantitative estimate of drug-likeness (QED) is 0.866. The molecule has 8 heteroatoms. The zero-order valence-electron chi connectivity index (χ0n) is 14.0. The molecule has 1 aliphatic rings. The summed E-state index contributed by atoms with van der Waals surface area (Å²) < 4.78 is 1.80. The number of nitrogens with zero attached hydrogens (tertiary/aromatic N) is 4. The van der Waals surface area contributed by atoms with E-state index in [1.165, 1.54) is 11.2 Å². The molecule has 1 aliphatic heterocycles. The number of nitrogens with one attached hydrogen (secondary N) is 1. The molecule has 1 amide bonds. The molecule has 0 bridgehead atoms. The van der Waals surface area contributed by atoms with Crippen LogP contribution in [0.3, 0.4) is 0 Å². The van der Waals surface area contributed by atoms with Gasteiger partial charge >= 0.3 is 5.97 Å². The highest BCUT2D eigenvalue weighted by Gasteiger charge is 2.37. The molecule has 0 spiro atoms. The van der Waals surface area contributed by atoms with Crippen molar-refractivity contribution < 1.29 is 14.7 Å². The minimum atomic E-state index is -1.05. The third kappa shape index (κ3) is 2.68. The second kappa shape index (κ2) is 6.10. The van der Waals surface area contributed by atoms with Crippen LogP contribution in [-0.2, 0) is 29.5 Å². The second-order valence-electron chi connectivity index (χ2n) is 6.12. The van der Waals surface area contributed by atoms with Crippen molar-refractivity contribution in [3.8, 4) is 0 Å². The number of aromatic nitrogens is 4. The normalized spacial score (nSPS) is 17.0. The molecule has 0 fully saturated rings. The number of carboxylic acid groups (broad SMARTS) is 1. The number of amides is 1. The molecule has 0 radical (unpaired) electrons. The first-order chi connectivity index (χ1) is 11.4. The Kier molecular flexibility index (Phi) is 4.13. The van der Waals surface area contributed by atoms with Crippen LogP contribution in [-0.4, -0.2) is 48.2 Å². The van der Waals surface area contributed by atoms with E-state index in [-0.39, 0.29) is 12.3 Å². The monoisotopic (exact) mass is 331 g/mol. The number of carbonyl (C=O) groups excluding carboxylic acids is 1. The minimum absolute atomic E-state index is 0.168. The van der Waals surface area contributed by atoms with E-state index in [4.69, 9.17) is 0 Å². The van der Waals surface area contributed by atoms with Crippen LogP contribution in [0.25, 0.3) is 0 Å². The Bertz CT molecular complexity index is 792. The lowest BCUT2D eigenvalue weighted by molar-refractivity contribution is -0.151. The van der Waals surface area contributed by atoms with Crippen LogP contribution in [0.1, 0.15) is 40.8 Å². The molecular formula is C16H21N5O3. The Morgan fingerprint density at radius 3 is 2.79 bits per heavy atom. The lowest BCUT2D eigenvalue weighted by Crippen LogP contribution is -2.43. The van der Waals surface area contributed by atoms with E-state index in [2.05, 4.69) is 15.1 Å². The van der Waals surface area contributed by atoms with Gasteiger partial charge in [0.15, 0.2) is 6.04 Å². The largest absolute Gasteiger partial charge is 0.479 e. The summed E-state index contributed by atoms with van der Waals surface area (Å²) in [5.41, 5.74) is 4.23. The average molecular weight is 331 g/mol. The number of carboxylic acids is 1. The van der Waals surface area contributed by atoms with Crippen LogP contribution in [0.5, 0.6) is 0 Å². The number of aryl methyl sites for hydroxylation is 2. The van der Waals surface area contributed by atoms with Crippen LogP contribution in [0.4, 0.5) is 0 Å². The Morgan fingerprint density at radius 1 is 1.42 bits per heavy atom. The number of carbonyl (C=O) groups is 2. The van der Waals surface area contributed by atoms with E-state index in [1.54, 1.807) is 4.68 Å². The summed E-state index contributed by atoms with van der Waals surface area (Å²) in [7, 11) is 1.87. The Morgan fingerprint density at radius 2 is 2.17 bits per heavy atom. The minimum Gasteiger partial charge on any atom is -0.479 e. The molecular weight excluding hydrogens is 310 g/mol. The number of aliphatic carboxylic acids is 1. The maximum Gasteiger partial charge on any atom is 0.332 e. The Balaban J connectivity index is 1.76. The molecule has 2 aromatic heterocycles. The molecule has 0 aliphatic carbocycles. The highest BCUT2D eigenvalue weighted by Crippen LogP contribution is 2.28. The molecule has 2 N–H and O–H groups in total. The third-order valence-electron chi connectivity index (χ3n) is 4.73. The smallest absolute Gasteiger partial charge is 0.332 e. The van der Waals surface area contributed by atoms with Gasteiger partial charge in [0.2, 0.25) is 5.91 Å². The van der Waals surface area contributed by atoms with Crippen molar-refractivity contribution in [2.45, 2.75) is 39.2 Å². The van der Waals surface area contributed by atoms with Gasteiger partial charge in [-0.05, 0) is 25.8 Å². The van der Waals surface area contributed by atoms with Crippen molar-refractivity contribution in [2.75, 3.05) is 6.54 Å². The van der Waals surface area contributed by atoms with Gasteiger partial charge in [0, 0.05) is 37.8 Å². The molecule has 2 aromatic rings. The molecule has 128 valence electrons. The van der Waals surface area contributed by atoms with Gasteiger partial charge in [-0.3, -0.25) is 9.48 Å². The summed E-state index contributed by atoms with van der Waals surface area (Å²) in [5, 5.41) is 13.9. The Labute approximate surface area is 139 Å². The Hall–Kier alpha value is -2.64. The zero-order valence-corrected chi connectivity index (χ0v) is 14.0. The number of hydrogen-bond acceptors (Lipinski definition) is 4. The molecule has 1 atom stereocenters. The molecule has 0 aromatic carbocycles. The first kappa shape index (κ1) is 16.2. The highest BCUT2D eigenvalue weighted by atomic mass is 16.4. The lowest BCUT2D eigenvalue weighted by atomic mass is 10.0. The summed E-state index contributed by atoms with van der Waals surface area (Å²) >= 11 is 0. The number of hydrogen-bond donors (Lipinski definition) is 2. The van der Waals surface area contributed by atoms with Crippen molar-refractivity contribution in [2.24, 2.45) is 7.05 Å². The maximum atomic E-state index is 12.6. The van der Waals surface area contributed by atoms with Crippen LogP contribution in [0, 0.1) is 13.8 Å². The van der Waals surface area contributed by atoms with E-state index in [9.17, 15) is 14.7 Å². The predicted octanol–water partition coefficient (Wildman–Crippen LogP) is 0.903. The maximum absolute atomic E-state index is 12.6. The highest BCUT2D eigenvalue weighted by molar-refractivity contribution is 5.85. The number of rotatable bonds is 4.